The van der Waals surface area contributed by atoms with Crippen LogP contribution in [0.3, 0.4) is 0 Å². The minimum absolute atomic E-state index is 0.216. The summed E-state index contributed by atoms with van der Waals surface area (Å²) in [6.45, 7) is 4.13. The average molecular weight is 192 g/mol. The van der Waals surface area contributed by atoms with E-state index in [0.29, 0.717) is 6.42 Å². The van der Waals surface area contributed by atoms with Gasteiger partial charge in [-0.2, -0.15) is 0 Å². The first kappa shape index (κ1) is 10.8. The first-order chi connectivity index (χ1) is 6.63. The van der Waals surface area contributed by atoms with Crippen molar-refractivity contribution in [1.82, 2.24) is 0 Å². The monoisotopic (exact) mass is 192 g/mol. The van der Waals surface area contributed by atoms with E-state index in [1.807, 2.05) is 6.92 Å². The number of carboxylic acids is 1. The zero-order valence-corrected chi connectivity index (χ0v) is 8.71. The van der Waals surface area contributed by atoms with Gasteiger partial charge in [-0.05, 0) is 36.5 Å². The maximum Gasteiger partial charge on any atom is 0.303 e. The summed E-state index contributed by atoms with van der Waals surface area (Å²) < 4.78 is 0. The Morgan fingerprint density at radius 2 is 2.14 bits per heavy atom. The number of hydrogen-bond acceptors (Lipinski definition) is 1. The number of rotatable bonds is 4. The summed E-state index contributed by atoms with van der Waals surface area (Å²) in [6, 6.07) is 6.27. The lowest BCUT2D eigenvalue weighted by Gasteiger charge is -2.06. The Kier molecular flexibility index (Phi) is 3.69. The molecule has 0 heterocycles. The molecular weight excluding hydrogens is 176 g/mol. The molecule has 0 fully saturated rings. The summed E-state index contributed by atoms with van der Waals surface area (Å²) in [5, 5.41) is 8.59. The molecule has 76 valence electrons. The third kappa shape index (κ3) is 2.87. The van der Waals surface area contributed by atoms with Crippen molar-refractivity contribution in [3.63, 3.8) is 0 Å². The molecule has 1 N–H and O–H groups in total. The standard InChI is InChI=1S/C12H16O2/c1-3-10-5-4-9(2)11(8-10)6-7-12(13)14/h4-5,8H,3,6-7H2,1-2H3,(H,13,14). The maximum absolute atomic E-state index is 10.4. The van der Waals surface area contributed by atoms with Gasteiger partial charge in [0.2, 0.25) is 0 Å². The zero-order chi connectivity index (χ0) is 10.6. The molecule has 0 radical (unpaired) electrons. The molecule has 0 aliphatic rings. The van der Waals surface area contributed by atoms with Crippen LogP contribution in [-0.2, 0) is 17.6 Å². The van der Waals surface area contributed by atoms with Gasteiger partial charge in [-0.25, -0.2) is 0 Å². The summed E-state index contributed by atoms with van der Waals surface area (Å²) in [4.78, 5) is 10.4. The second kappa shape index (κ2) is 4.80. The SMILES string of the molecule is CCc1ccc(C)c(CCC(=O)O)c1. The quantitative estimate of drug-likeness (QED) is 0.796. The van der Waals surface area contributed by atoms with Gasteiger partial charge in [0.1, 0.15) is 0 Å². The van der Waals surface area contributed by atoms with E-state index >= 15 is 0 Å². The van der Waals surface area contributed by atoms with Gasteiger partial charge >= 0.3 is 5.97 Å². The Morgan fingerprint density at radius 1 is 1.43 bits per heavy atom. The first-order valence-electron chi connectivity index (χ1n) is 4.93. The molecule has 14 heavy (non-hydrogen) atoms. The van der Waals surface area contributed by atoms with Crippen LogP contribution in [0.2, 0.25) is 0 Å². The summed E-state index contributed by atoms with van der Waals surface area (Å²) in [7, 11) is 0. The van der Waals surface area contributed by atoms with Gasteiger partial charge in [0, 0.05) is 6.42 Å². The minimum atomic E-state index is -0.730. The average Bonchev–Trinajstić information content (AvgIpc) is 2.16. The minimum Gasteiger partial charge on any atom is -0.481 e. The Morgan fingerprint density at radius 3 is 2.71 bits per heavy atom. The molecule has 0 aromatic heterocycles. The molecule has 1 aromatic rings. The number of carboxylic acid groups (broad SMARTS) is 1. The fraction of sp³-hybridized carbons (Fsp3) is 0.417. The lowest BCUT2D eigenvalue weighted by molar-refractivity contribution is -0.136. The third-order valence-corrected chi connectivity index (χ3v) is 2.43. The highest BCUT2D eigenvalue weighted by molar-refractivity contribution is 5.67. The normalized spacial score (nSPS) is 10.1. The van der Waals surface area contributed by atoms with E-state index in [1.54, 1.807) is 0 Å². The molecule has 0 aliphatic heterocycles. The topological polar surface area (TPSA) is 37.3 Å². The van der Waals surface area contributed by atoms with Gasteiger partial charge in [0.15, 0.2) is 0 Å². The summed E-state index contributed by atoms with van der Waals surface area (Å²) >= 11 is 0. The predicted octanol–water partition coefficient (Wildman–Crippen LogP) is 2.57. The van der Waals surface area contributed by atoms with E-state index in [9.17, 15) is 4.79 Å². The van der Waals surface area contributed by atoms with E-state index in [-0.39, 0.29) is 6.42 Å². The van der Waals surface area contributed by atoms with Crippen LogP contribution < -0.4 is 0 Å². The molecule has 0 amide bonds. The van der Waals surface area contributed by atoms with E-state index in [0.717, 1.165) is 12.0 Å². The van der Waals surface area contributed by atoms with E-state index in [2.05, 4.69) is 25.1 Å². The van der Waals surface area contributed by atoms with Crippen molar-refractivity contribution in [3.8, 4) is 0 Å². The van der Waals surface area contributed by atoms with Crippen LogP contribution in [0, 0.1) is 6.92 Å². The molecule has 1 aromatic carbocycles. The Balaban J connectivity index is 2.78. The van der Waals surface area contributed by atoms with Crippen LogP contribution in [0.4, 0.5) is 0 Å². The highest BCUT2D eigenvalue weighted by atomic mass is 16.4. The highest BCUT2D eigenvalue weighted by Crippen LogP contribution is 2.13. The second-order valence-electron chi connectivity index (χ2n) is 3.51. The Labute approximate surface area is 84.6 Å². The highest BCUT2D eigenvalue weighted by Gasteiger charge is 2.02. The predicted molar refractivity (Wildman–Crippen MR) is 56.5 cm³/mol. The van der Waals surface area contributed by atoms with Gasteiger partial charge in [0.25, 0.3) is 0 Å². The van der Waals surface area contributed by atoms with Gasteiger partial charge < -0.3 is 5.11 Å². The smallest absolute Gasteiger partial charge is 0.303 e. The number of hydrogen-bond donors (Lipinski definition) is 1. The Hall–Kier alpha value is -1.31. The molecule has 0 atom stereocenters. The van der Waals surface area contributed by atoms with Crippen LogP contribution in [0.5, 0.6) is 0 Å². The van der Waals surface area contributed by atoms with Crippen LogP contribution >= 0.6 is 0 Å². The van der Waals surface area contributed by atoms with Crippen molar-refractivity contribution in [2.24, 2.45) is 0 Å². The van der Waals surface area contributed by atoms with Crippen LogP contribution in [0.1, 0.15) is 30.0 Å². The zero-order valence-electron chi connectivity index (χ0n) is 8.71. The van der Waals surface area contributed by atoms with Crippen LogP contribution in [-0.4, -0.2) is 11.1 Å². The van der Waals surface area contributed by atoms with E-state index in [1.165, 1.54) is 11.1 Å². The molecule has 0 bridgehead atoms. The number of aryl methyl sites for hydroxylation is 3. The largest absolute Gasteiger partial charge is 0.481 e. The lowest BCUT2D eigenvalue weighted by Crippen LogP contribution is -1.99. The molecule has 0 saturated carbocycles. The molecule has 0 spiro atoms. The molecule has 2 heteroatoms. The van der Waals surface area contributed by atoms with Gasteiger partial charge in [-0.15, -0.1) is 0 Å². The molecule has 0 aliphatic carbocycles. The maximum atomic E-state index is 10.4. The van der Waals surface area contributed by atoms with Crippen molar-refractivity contribution >= 4 is 5.97 Å². The molecule has 2 nitrogen and oxygen atoms in total. The summed E-state index contributed by atoms with van der Waals surface area (Å²) in [6.07, 6.45) is 1.85. The number of carbonyl (C=O) groups is 1. The van der Waals surface area contributed by atoms with Crippen molar-refractivity contribution < 1.29 is 9.90 Å². The molecule has 0 unspecified atom stereocenters. The number of aliphatic carboxylic acids is 1. The molecular formula is C12H16O2. The van der Waals surface area contributed by atoms with Gasteiger partial charge in [0.05, 0.1) is 0 Å². The van der Waals surface area contributed by atoms with Gasteiger partial charge in [-0.1, -0.05) is 25.1 Å². The lowest BCUT2D eigenvalue weighted by atomic mass is 10.00. The first-order valence-corrected chi connectivity index (χ1v) is 4.93. The fourth-order valence-electron chi connectivity index (χ4n) is 1.46. The van der Waals surface area contributed by atoms with E-state index in [4.69, 9.17) is 5.11 Å². The Bertz CT molecular complexity index is 329. The summed E-state index contributed by atoms with van der Waals surface area (Å²) in [5.74, 6) is -0.730. The summed E-state index contributed by atoms with van der Waals surface area (Å²) in [5.41, 5.74) is 3.62. The van der Waals surface area contributed by atoms with Crippen molar-refractivity contribution in [1.29, 1.82) is 0 Å². The van der Waals surface area contributed by atoms with Crippen LogP contribution in [0.25, 0.3) is 0 Å². The third-order valence-electron chi connectivity index (χ3n) is 2.43. The van der Waals surface area contributed by atoms with Crippen LogP contribution in [0.15, 0.2) is 18.2 Å². The molecule has 0 saturated heterocycles. The number of benzene rings is 1. The second-order valence-corrected chi connectivity index (χ2v) is 3.51. The van der Waals surface area contributed by atoms with Gasteiger partial charge in [-0.3, -0.25) is 4.79 Å². The molecule has 1 rings (SSSR count). The van der Waals surface area contributed by atoms with Crippen molar-refractivity contribution in [2.45, 2.75) is 33.1 Å². The van der Waals surface area contributed by atoms with Crippen molar-refractivity contribution in [3.05, 3.63) is 34.9 Å². The van der Waals surface area contributed by atoms with E-state index < -0.39 is 5.97 Å². The van der Waals surface area contributed by atoms with Crippen molar-refractivity contribution in [2.75, 3.05) is 0 Å². The fourth-order valence-corrected chi connectivity index (χ4v) is 1.46.